The summed E-state index contributed by atoms with van der Waals surface area (Å²) in [5.41, 5.74) is 5.89. The Balaban J connectivity index is 2.67. The summed E-state index contributed by atoms with van der Waals surface area (Å²) in [6.07, 6.45) is 1.16. The van der Waals surface area contributed by atoms with Gasteiger partial charge in [0.05, 0.1) is 18.8 Å². The van der Waals surface area contributed by atoms with E-state index in [0.717, 1.165) is 9.13 Å². The van der Waals surface area contributed by atoms with Gasteiger partial charge in [-0.15, -0.1) is 0 Å². The first-order valence-electron chi connectivity index (χ1n) is 4.99. The summed E-state index contributed by atoms with van der Waals surface area (Å²) in [4.78, 5) is 0. The summed E-state index contributed by atoms with van der Waals surface area (Å²) in [6, 6.07) is 5.12. The Morgan fingerprint density at radius 2 is 1.88 bits per heavy atom. The average molecular weight is 337 g/mol. The first kappa shape index (κ1) is 13.7. The van der Waals surface area contributed by atoms with Crippen LogP contribution in [0.4, 0.5) is 0 Å². The summed E-state index contributed by atoms with van der Waals surface area (Å²) in [6.45, 7) is -0.476. The molecule has 0 fully saturated rings. The highest BCUT2D eigenvalue weighted by atomic mass is 127. The minimum Gasteiger partial charge on any atom is -0.508 e. The van der Waals surface area contributed by atoms with E-state index >= 15 is 0 Å². The van der Waals surface area contributed by atoms with Gasteiger partial charge in [0.2, 0.25) is 0 Å². The molecule has 0 aliphatic carbocycles. The monoisotopic (exact) mass is 337 g/mol. The molecule has 0 aromatic heterocycles. The van der Waals surface area contributed by atoms with Gasteiger partial charge in [-0.05, 0) is 53.1 Å². The van der Waals surface area contributed by atoms with Crippen LogP contribution in [0.5, 0.6) is 5.75 Å². The van der Waals surface area contributed by atoms with Crippen LogP contribution in [0.15, 0.2) is 18.2 Å². The summed E-state index contributed by atoms with van der Waals surface area (Å²) in [5.74, 6) is 0.233. The van der Waals surface area contributed by atoms with E-state index in [1.54, 1.807) is 12.1 Å². The zero-order chi connectivity index (χ0) is 12.2. The second kappa shape index (κ2) is 5.81. The quantitative estimate of drug-likeness (QED) is 0.593. The standard InChI is InChI=1S/C11H16INO3/c12-10-5-9(16)2-1-8(10)3-4-11(13,6-14)7-15/h1-2,5,14-16H,3-4,6-7,13H2. The first-order chi connectivity index (χ1) is 7.50. The molecule has 1 rings (SSSR count). The zero-order valence-corrected chi connectivity index (χ0v) is 11.0. The molecule has 1 aromatic rings. The minimum atomic E-state index is -0.930. The lowest BCUT2D eigenvalue weighted by atomic mass is 9.94. The molecular weight excluding hydrogens is 321 g/mol. The predicted octanol–water partition coefficient (Wildman–Crippen LogP) is 0.611. The highest BCUT2D eigenvalue weighted by molar-refractivity contribution is 14.1. The third kappa shape index (κ3) is 3.58. The number of halogens is 1. The fourth-order valence-electron chi connectivity index (χ4n) is 1.33. The second-order valence-electron chi connectivity index (χ2n) is 3.95. The van der Waals surface area contributed by atoms with Crippen LogP contribution < -0.4 is 5.73 Å². The molecule has 0 aliphatic rings. The molecule has 0 bridgehead atoms. The van der Waals surface area contributed by atoms with E-state index in [4.69, 9.17) is 15.9 Å². The maximum absolute atomic E-state index is 9.25. The van der Waals surface area contributed by atoms with E-state index in [-0.39, 0.29) is 19.0 Å². The molecular formula is C11H16INO3. The van der Waals surface area contributed by atoms with Crippen molar-refractivity contribution in [3.8, 4) is 5.75 Å². The van der Waals surface area contributed by atoms with E-state index < -0.39 is 5.54 Å². The van der Waals surface area contributed by atoms with E-state index in [1.807, 2.05) is 6.07 Å². The smallest absolute Gasteiger partial charge is 0.116 e. The van der Waals surface area contributed by atoms with Crippen molar-refractivity contribution in [1.82, 2.24) is 0 Å². The zero-order valence-electron chi connectivity index (χ0n) is 8.86. The number of aromatic hydroxyl groups is 1. The lowest BCUT2D eigenvalue weighted by molar-refractivity contribution is 0.115. The van der Waals surface area contributed by atoms with Crippen LogP contribution in [-0.2, 0) is 6.42 Å². The molecule has 0 unspecified atom stereocenters. The highest BCUT2D eigenvalue weighted by Crippen LogP contribution is 2.21. The first-order valence-corrected chi connectivity index (χ1v) is 6.06. The van der Waals surface area contributed by atoms with Crippen LogP contribution in [0, 0.1) is 3.57 Å². The lowest BCUT2D eigenvalue weighted by Crippen LogP contribution is -2.47. The van der Waals surface area contributed by atoms with Crippen LogP contribution in [0.25, 0.3) is 0 Å². The Bertz CT molecular complexity index is 353. The molecule has 0 saturated heterocycles. The molecule has 0 radical (unpaired) electrons. The van der Waals surface area contributed by atoms with Crippen molar-refractivity contribution in [2.45, 2.75) is 18.4 Å². The number of phenolic OH excluding ortho intramolecular Hbond substituents is 1. The Morgan fingerprint density at radius 1 is 1.25 bits per heavy atom. The molecule has 4 nitrogen and oxygen atoms in total. The third-order valence-electron chi connectivity index (χ3n) is 2.56. The van der Waals surface area contributed by atoms with Gasteiger partial charge >= 0.3 is 0 Å². The molecule has 0 amide bonds. The molecule has 5 N–H and O–H groups in total. The van der Waals surface area contributed by atoms with Gasteiger partial charge in [-0.3, -0.25) is 0 Å². The maximum atomic E-state index is 9.25. The van der Waals surface area contributed by atoms with Crippen molar-refractivity contribution in [2.75, 3.05) is 13.2 Å². The van der Waals surface area contributed by atoms with Gasteiger partial charge in [0, 0.05) is 3.57 Å². The SMILES string of the molecule is NC(CO)(CO)CCc1ccc(O)cc1I. The second-order valence-corrected chi connectivity index (χ2v) is 5.12. The largest absolute Gasteiger partial charge is 0.508 e. The minimum absolute atomic E-state index is 0.233. The molecule has 0 spiro atoms. The van der Waals surface area contributed by atoms with Crippen molar-refractivity contribution in [3.63, 3.8) is 0 Å². The van der Waals surface area contributed by atoms with Crippen molar-refractivity contribution in [1.29, 1.82) is 0 Å². The summed E-state index contributed by atoms with van der Waals surface area (Å²) < 4.78 is 0.954. The van der Waals surface area contributed by atoms with Gasteiger partial charge in [-0.2, -0.15) is 0 Å². The van der Waals surface area contributed by atoms with Gasteiger partial charge in [-0.1, -0.05) is 6.07 Å². The number of benzene rings is 1. The topological polar surface area (TPSA) is 86.7 Å². The van der Waals surface area contributed by atoms with Crippen molar-refractivity contribution in [3.05, 3.63) is 27.3 Å². The van der Waals surface area contributed by atoms with E-state index in [0.29, 0.717) is 12.8 Å². The number of aryl methyl sites for hydroxylation is 1. The number of nitrogens with two attached hydrogens (primary N) is 1. The molecule has 1 aromatic carbocycles. The Hall–Kier alpha value is -0.370. The molecule has 0 heterocycles. The lowest BCUT2D eigenvalue weighted by Gasteiger charge is -2.24. The number of rotatable bonds is 5. The Morgan fingerprint density at radius 3 is 2.38 bits per heavy atom. The van der Waals surface area contributed by atoms with Crippen molar-refractivity contribution >= 4 is 22.6 Å². The number of hydrogen-bond donors (Lipinski definition) is 4. The van der Waals surface area contributed by atoms with Gasteiger partial charge < -0.3 is 21.1 Å². The van der Waals surface area contributed by atoms with E-state index in [1.165, 1.54) is 0 Å². The number of hydrogen-bond acceptors (Lipinski definition) is 4. The number of aliphatic hydroxyl groups is 2. The van der Waals surface area contributed by atoms with Crippen LogP contribution in [0.3, 0.4) is 0 Å². The van der Waals surface area contributed by atoms with E-state index in [2.05, 4.69) is 22.6 Å². The maximum Gasteiger partial charge on any atom is 0.116 e. The van der Waals surface area contributed by atoms with Crippen LogP contribution in [-0.4, -0.2) is 34.1 Å². The van der Waals surface area contributed by atoms with Crippen LogP contribution in [0.2, 0.25) is 0 Å². The summed E-state index contributed by atoms with van der Waals surface area (Å²) in [5, 5.41) is 27.3. The normalized spacial score (nSPS) is 11.8. The van der Waals surface area contributed by atoms with Crippen molar-refractivity contribution in [2.24, 2.45) is 5.73 Å². The number of phenols is 1. The Labute approximate surface area is 108 Å². The molecule has 16 heavy (non-hydrogen) atoms. The van der Waals surface area contributed by atoms with E-state index in [9.17, 15) is 5.11 Å². The van der Waals surface area contributed by atoms with Gasteiger partial charge in [0.25, 0.3) is 0 Å². The van der Waals surface area contributed by atoms with Crippen molar-refractivity contribution < 1.29 is 15.3 Å². The molecule has 0 saturated carbocycles. The van der Waals surface area contributed by atoms with Gasteiger partial charge in [0.15, 0.2) is 0 Å². The number of aliphatic hydroxyl groups excluding tert-OH is 2. The summed E-state index contributed by atoms with van der Waals surface area (Å²) >= 11 is 2.14. The Kier molecular flexibility index (Phi) is 4.97. The highest BCUT2D eigenvalue weighted by Gasteiger charge is 2.22. The van der Waals surface area contributed by atoms with Gasteiger partial charge in [-0.25, -0.2) is 0 Å². The van der Waals surface area contributed by atoms with Crippen LogP contribution >= 0.6 is 22.6 Å². The molecule has 0 aliphatic heterocycles. The molecule has 90 valence electrons. The van der Waals surface area contributed by atoms with Crippen LogP contribution in [0.1, 0.15) is 12.0 Å². The molecule has 5 heteroatoms. The fourth-order valence-corrected chi connectivity index (χ4v) is 2.10. The third-order valence-corrected chi connectivity index (χ3v) is 3.56. The average Bonchev–Trinajstić information content (AvgIpc) is 2.27. The fraction of sp³-hybridized carbons (Fsp3) is 0.455. The predicted molar refractivity (Wildman–Crippen MR) is 70.2 cm³/mol. The van der Waals surface area contributed by atoms with Gasteiger partial charge in [0.1, 0.15) is 5.75 Å². The summed E-state index contributed by atoms with van der Waals surface area (Å²) in [7, 11) is 0. The molecule has 0 atom stereocenters.